The van der Waals surface area contributed by atoms with Gasteiger partial charge in [0, 0.05) is 13.0 Å². The third kappa shape index (κ3) is 6.45. The molecule has 26 heavy (non-hydrogen) atoms. The van der Waals surface area contributed by atoms with E-state index in [4.69, 9.17) is 4.74 Å². The first-order chi connectivity index (χ1) is 12.5. The standard InChI is InChI=1S/C21H32N2O3/c1-15-6-4-7-17(10-15)12-19(21(25)26-3)14-23-20(24)11-16(2)18-8-5-9-22-13-18/h4,6-7,10,16,18-19,22H,5,8-9,11-14H2,1-3H3,(H,23,24). The van der Waals surface area contributed by atoms with Crippen molar-refractivity contribution in [3.63, 3.8) is 0 Å². The first-order valence-corrected chi connectivity index (χ1v) is 9.60. The third-order valence-corrected chi connectivity index (χ3v) is 5.29. The zero-order valence-electron chi connectivity index (χ0n) is 16.2. The lowest BCUT2D eigenvalue weighted by atomic mass is 9.85. The van der Waals surface area contributed by atoms with Crippen LogP contribution in [0.4, 0.5) is 0 Å². The summed E-state index contributed by atoms with van der Waals surface area (Å²) in [6.07, 6.45) is 3.43. The molecule has 1 aliphatic rings. The average molecular weight is 360 g/mol. The first kappa shape index (κ1) is 20.4. The lowest BCUT2D eigenvalue weighted by molar-refractivity contribution is -0.145. The van der Waals surface area contributed by atoms with Crippen molar-refractivity contribution in [1.82, 2.24) is 10.6 Å². The van der Waals surface area contributed by atoms with E-state index in [0.29, 0.717) is 31.2 Å². The van der Waals surface area contributed by atoms with Crippen LogP contribution in [0, 0.1) is 24.7 Å². The Balaban J connectivity index is 1.85. The van der Waals surface area contributed by atoms with Gasteiger partial charge in [0.1, 0.15) is 0 Å². The number of aryl methyl sites for hydroxylation is 1. The molecule has 1 aromatic carbocycles. The van der Waals surface area contributed by atoms with Crippen LogP contribution in [0.2, 0.25) is 0 Å². The summed E-state index contributed by atoms with van der Waals surface area (Å²) in [6, 6.07) is 8.08. The summed E-state index contributed by atoms with van der Waals surface area (Å²) in [5, 5.41) is 6.34. The maximum absolute atomic E-state index is 12.3. The smallest absolute Gasteiger partial charge is 0.310 e. The Morgan fingerprint density at radius 3 is 2.85 bits per heavy atom. The van der Waals surface area contributed by atoms with E-state index >= 15 is 0 Å². The number of benzene rings is 1. The van der Waals surface area contributed by atoms with Crippen LogP contribution in [0.5, 0.6) is 0 Å². The quantitative estimate of drug-likeness (QED) is 0.699. The normalized spacial score (nSPS) is 19.4. The van der Waals surface area contributed by atoms with Crippen molar-refractivity contribution in [3.05, 3.63) is 35.4 Å². The van der Waals surface area contributed by atoms with Gasteiger partial charge in [0.15, 0.2) is 0 Å². The Bertz CT molecular complexity index is 597. The molecule has 2 N–H and O–H groups in total. The highest BCUT2D eigenvalue weighted by Crippen LogP contribution is 2.22. The Hall–Kier alpha value is -1.88. The molecule has 3 atom stereocenters. The molecule has 1 amide bonds. The van der Waals surface area contributed by atoms with Crippen LogP contribution in [-0.4, -0.2) is 38.6 Å². The number of carbonyl (C=O) groups excluding carboxylic acids is 2. The van der Waals surface area contributed by atoms with Gasteiger partial charge in [-0.3, -0.25) is 9.59 Å². The van der Waals surface area contributed by atoms with Gasteiger partial charge in [0.05, 0.1) is 13.0 Å². The largest absolute Gasteiger partial charge is 0.469 e. The van der Waals surface area contributed by atoms with Crippen LogP contribution in [-0.2, 0) is 20.7 Å². The van der Waals surface area contributed by atoms with Crippen molar-refractivity contribution in [1.29, 1.82) is 0 Å². The van der Waals surface area contributed by atoms with Crippen LogP contribution in [0.3, 0.4) is 0 Å². The minimum atomic E-state index is -0.364. The second-order valence-corrected chi connectivity index (χ2v) is 7.51. The zero-order valence-corrected chi connectivity index (χ0v) is 16.2. The molecule has 0 radical (unpaired) electrons. The summed E-state index contributed by atoms with van der Waals surface area (Å²) in [6.45, 7) is 6.55. The predicted molar refractivity (Wildman–Crippen MR) is 103 cm³/mol. The van der Waals surface area contributed by atoms with Crippen molar-refractivity contribution in [2.75, 3.05) is 26.7 Å². The van der Waals surface area contributed by atoms with Gasteiger partial charge in [-0.2, -0.15) is 0 Å². The molecule has 3 unspecified atom stereocenters. The van der Waals surface area contributed by atoms with Crippen LogP contribution >= 0.6 is 0 Å². The van der Waals surface area contributed by atoms with Gasteiger partial charge in [-0.1, -0.05) is 36.8 Å². The van der Waals surface area contributed by atoms with Crippen molar-refractivity contribution >= 4 is 11.9 Å². The van der Waals surface area contributed by atoms with Crippen LogP contribution in [0.1, 0.15) is 37.3 Å². The number of hydrogen-bond acceptors (Lipinski definition) is 4. The van der Waals surface area contributed by atoms with Crippen molar-refractivity contribution in [2.45, 2.75) is 39.5 Å². The molecule has 1 heterocycles. The first-order valence-electron chi connectivity index (χ1n) is 9.60. The molecule has 1 saturated heterocycles. The number of methoxy groups -OCH3 is 1. The topological polar surface area (TPSA) is 67.4 Å². The fourth-order valence-electron chi connectivity index (χ4n) is 3.66. The SMILES string of the molecule is COC(=O)C(CNC(=O)CC(C)C1CCCNC1)Cc1cccc(C)c1. The average Bonchev–Trinajstić information content (AvgIpc) is 2.65. The van der Waals surface area contributed by atoms with Crippen molar-refractivity contribution in [3.8, 4) is 0 Å². The minimum absolute atomic E-state index is 0.0150. The monoisotopic (exact) mass is 360 g/mol. The number of nitrogens with one attached hydrogen (secondary N) is 2. The Kier molecular flexibility index (Phi) is 8.10. The molecule has 0 spiro atoms. The molecule has 0 aromatic heterocycles. The van der Waals surface area contributed by atoms with Crippen LogP contribution < -0.4 is 10.6 Å². The van der Waals surface area contributed by atoms with Gasteiger partial charge in [-0.15, -0.1) is 0 Å². The second-order valence-electron chi connectivity index (χ2n) is 7.51. The predicted octanol–water partition coefficient (Wildman–Crippen LogP) is 2.47. The van der Waals surface area contributed by atoms with E-state index in [1.807, 2.05) is 25.1 Å². The molecule has 0 aliphatic carbocycles. The molecule has 144 valence electrons. The summed E-state index contributed by atoms with van der Waals surface area (Å²) in [5.41, 5.74) is 2.24. The van der Waals surface area contributed by atoms with Gasteiger partial charge in [0.25, 0.3) is 0 Å². The molecule has 5 heteroatoms. The second kappa shape index (κ2) is 10.3. The summed E-state index contributed by atoms with van der Waals surface area (Å²) < 4.78 is 4.92. The lowest BCUT2D eigenvalue weighted by Gasteiger charge is -2.28. The summed E-state index contributed by atoms with van der Waals surface area (Å²) in [4.78, 5) is 24.4. The van der Waals surface area contributed by atoms with E-state index in [1.54, 1.807) is 0 Å². The van der Waals surface area contributed by atoms with Crippen LogP contribution in [0.15, 0.2) is 24.3 Å². The van der Waals surface area contributed by atoms with Gasteiger partial charge in [-0.25, -0.2) is 0 Å². The van der Waals surface area contributed by atoms with Gasteiger partial charge in [0.2, 0.25) is 5.91 Å². The number of carbonyl (C=O) groups is 2. The van der Waals surface area contributed by atoms with Crippen molar-refractivity contribution < 1.29 is 14.3 Å². The maximum Gasteiger partial charge on any atom is 0.310 e. The number of hydrogen-bond donors (Lipinski definition) is 2. The highest BCUT2D eigenvalue weighted by atomic mass is 16.5. The number of amides is 1. The molecule has 1 fully saturated rings. The van der Waals surface area contributed by atoms with E-state index in [9.17, 15) is 9.59 Å². The number of esters is 1. The highest BCUT2D eigenvalue weighted by molar-refractivity contribution is 5.78. The Morgan fingerprint density at radius 2 is 2.19 bits per heavy atom. The van der Waals surface area contributed by atoms with E-state index in [0.717, 1.165) is 24.2 Å². The highest BCUT2D eigenvalue weighted by Gasteiger charge is 2.24. The summed E-state index contributed by atoms with van der Waals surface area (Å²) in [5.74, 6) is 0.268. The van der Waals surface area contributed by atoms with Crippen LogP contribution in [0.25, 0.3) is 0 Å². The molecule has 1 aromatic rings. The van der Waals surface area contributed by atoms with Gasteiger partial charge < -0.3 is 15.4 Å². The molecule has 0 saturated carbocycles. The summed E-state index contributed by atoms with van der Waals surface area (Å²) >= 11 is 0. The molecular weight excluding hydrogens is 328 g/mol. The maximum atomic E-state index is 12.3. The van der Waals surface area contributed by atoms with Gasteiger partial charge in [-0.05, 0) is 56.7 Å². The fourth-order valence-corrected chi connectivity index (χ4v) is 3.66. The van der Waals surface area contributed by atoms with E-state index in [2.05, 4.69) is 23.6 Å². The minimum Gasteiger partial charge on any atom is -0.469 e. The fraction of sp³-hybridized carbons (Fsp3) is 0.619. The number of ether oxygens (including phenoxy) is 1. The molecule has 5 nitrogen and oxygen atoms in total. The molecule has 2 rings (SSSR count). The van der Waals surface area contributed by atoms with Crippen molar-refractivity contribution in [2.24, 2.45) is 17.8 Å². The zero-order chi connectivity index (χ0) is 18.9. The molecular formula is C21H32N2O3. The van der Waals surface area contributed by atoms with E-state index in [-0.39, 0.29) is 17.8 Å². The molecule has 0 bridgehead atoms. The number of rotatable bonds is 8. The van der Waals surface area contributed by atoms with E-state index in [1.165, 1.54) is 20.0 Å². The molecule has 1 aliphatic heterocycles. The van der Waals surface area contributed by atoms with Gasteiger partial charge >= 0.3 is 5.97 Å². The lowest BCUT2D eigenvalue weighted by Crippen LogP contribution is -2.38. The number of piperidine rings is 1. The Labute approximate surface area is 156 Å². The van der Waals surface area contributed by atoms with E-state index < -0.39 is 0 Å². The summed E-state index contributed by atoms with van der Waals surface area (Å²) in [7, 11) is 1.39. The third-order valence-electron chi connectivity index (χ3n) is 5.29. The Morgan fingerprint density at radius 1 is 1.38 bits per heavy atom.